The van der Waals surface area contributed by atoms with E-state index < -0.39 is 0 Å². The van der Waals surface area contributed by atoms with E-state index in [9.17, 15) is 0 Å². The molecule has 26 heavy (non-hydrogen) atoms. The summed E-state index contributed by atoms with van der Waals surface area (Å²) in [6.07, 6.45) is 0. The van der Waals surface area contributed by atoms with E-state index in [1.807, 2.05) is 66.7 Å². The van der Waals surface area contributed by atoms with Gasteiger partial charge in [0.05, 0.1) is 11.1 Å². The Balaban J connectivity index is 1.62. The Hall–Kier alpha value is -3.87. The predicted molar refractivity (Wildman–Crippen MR) is 100 cm³/mol. The summed E-state index contributed by atoms with van der Waals surface area (Å²) in [7, 11) is 0. The van der Waals surface area contributed by atoms with Crippen LogP contribution in [0, 0.1) is 0 Å². The lowest BCUT2D eigenvalue weighted by molar-refractivity contribution is 0.460. The van der Waals surface area contributed by atoms with Gasteiger partial charge in [-0.3, -0.25) is 0 Å². The van der Waals surface area contributed by atoms with Gasteiger partial charge in [-0.15, -0.1) is 5.10 Å². The molecule has 0 spiro atoms. The largest absolute Gasteiger partial charge is 0.380 e. The molecule has 0 atom stereocenters. The minimum Gasteiger partial charge on any atom is -0.380 e. The van der Waals surface area contributed by atoms with Crippen LogP contribution in [0.1, 0.15) is 0 Å². The van der Waals surface area contributed by atoms with Crippen LogP contribution in [-0.2, 0) is 0 Å². The number of nitrogens with two attached hydrogens (primary N) is 1. The molecule has 0 saturated heterocycles. The summed E-state index contributed by atoms with van der Waals surface area (Å²) in [6, 6.07) is 21.4. The molecule has 0 aliphatic rings. The third-order valence-corrected chi connectivity index (χ3v) is 4.18. The van der Waals surface area contributed by atoms with Crippen molar-refractivity contribution in [2.75, 3.05) is 11.1 Å². The Morgan fingerprint density at radius 1 is 0.962 bits per heavy atom. The average molecular weight is 342 g/mol. The number of nitrogen functional groups attached to an aromatic ring is 1. The fraction of sp³-hybridized carbons (Fsp3) is 0. The summed E-state index contributed by atoms with van der Waals surface area (Å²) in [4.78, 5) is 4.55. The van der Waals surface area contributed by atoms with Gasteiger partial charge in [0.15, 0.2) is 17.0 Å². The van der Waals surface area contributed by atoms with E-state index in [1.165, 1.54) is 0 Å². The molecule has 3 heterocycles. The number of nitrogens with one attached hydrogen (secondary N) is 1. The van der Waals surface area contributed by atoms with E-state index in [-0.39, 0.29) is 0 Å². The smallest absolute Gasteiger partial charge is 0.247 e. The number of aromatic nitrogens is 4. The highest BCUT2D eigenvalue weighted by atomic mass is 16.5. The second-order valence-corrected chi connectivity index (χ2v) is 5.89. The molecule has 0 aliphatic heterocycles. The van der Waals surface area contributed by atoms with Crippen LogP contribution in [-0.4, -0.2) is 19.8 Å². The van der Waals surface area contributed by atoms with Gasteiger partial charge in [0.2, 0.25) is 5.95 Å². The molecule has 3 N–H and O–H groups in total. The summed E-state index contributed by atoms with van der Waals surface area (Å²) >= 11 is 0. The number of para-hydroxylation sites is 1. The van der Waals surface area contributed by atoms with Gasteiger partial charge in [0.1, 0.15) is 0 Å². The Kier molecular flexibility index (Phi) is 3.11. The van der Waals surface area contributed by atoms with E-state index in [0.29, 0.717) is 17.3 Å². The van der Waals surface area contributed by atoms with Gasteiger partial charge in [-0.05, 0) is 42.5 Å². The normalized spacial score (nSPS) is 11.2. The van der Waals surface area contributed by atoms with Crippen molar-refractivity contribution >= 4 is 34.1 Å². The molecule has 0 unspecified atom stereocenters. The summed E-state index contributed by atoms with van der Waals surface area (Å²) < 4.78 is 6.98. The number of hydrogen-bond donors (Lipinski definition) is 2. The molecule has 0 saturated carbocycles. The highest BCUT2D eigenvalue weighted by Crippen LogP contribution is 2.28. The lowest BCUT2D eigenvalue weighted by Crippen LogP contribution is -1.95. The number of hydrogen-bond acceptors (Lipinski definition) is 6. The number of benzene rings is 2. The zero-order valence-corrected chi connectivity index (χ0v) is 13.6. The number of nitrogens with zero attached hydrogens (tertiary/aromatic N) is 4. The molecule has 0 bridgehead atoms. The van der Waals surface area contributed by atoms with Crippen molar-refractivity contribution in [2.45, 2.75) is 0 Å². The fourth-order valence-electron chi connectivity index (χ4n) is 2.94. The van der Waals surface area contributed by atoms with Crippen molar-refractivity contribution in [3.8, 4) is 11.3 Å². The first-order valence-corrected chi connectivity index (χ1v) is 8.11. The van der Waals surface area contributed by atoms with E-state index in [0.717, 1.165) is 28.0 Å². The molecule has 0 fully saturated rings. The second-order valence-electron chi connectivity index (χ2n) is 5.89. The minimum atomic E-state index is 0.374. The highest BCUT2D eigenvalue weighted by molar-refractivity contribution is 5.90. The van der Waals surface area contributed by atoms with Crippen molar-refractivity contribution < 1.29 is 4.52 Å². The molecule has 7 heteroatoms. The molecular weight excluding hydrogens is 328 g/mol. The lowest BCUT2D eigenvalue weighted by Gasteiger charge is -2.04. The second kappa shape index (κ2) is 5.59. The van der Waals surface area contributed by atoms with Gasteiger partial charge in [-0.2, -0.15) is 4.98 Å². The molecule has 3 aromatic heterocycles. The van der Waals surface area contributed by atoms with Crippen LogP contribution >= 0.6 is 0 Å². The van der Waals surface area contributed by atoms with Gasteiger partial charge in [0.25, 0.3) is 0 Å². The van der Waals surface area contributed by atoms with Crippen LogP contribution < -0.4 is 11.1 Å². The first-order chi connectivity index (χ1) is 12.8. The summed E-state index contributed by atoms with van der Waals surface area (Å²) in [5.74, 6) is 0.910. The van der Waals surface area contributed by atoms with Crippen LogP contribution in [0.2, 0.25) is 0 Å². The van der Waals surface area contributed by atoms with Crippen molar-refractivity contribution in [1.82, 2.24) is 19.8 Å². The van der Waals surface area contributed by atoms with Crippen molar-refractivity contribution in [2.24, 2.45) is 0 Å². The van der Waals surface area contributed by atoms with Gasteiger partial charge < -0.3 is 15.6 Å². The third-order valence-electron chi connectivity index (χ3n) is 4.18. The molecule has 2 aromatic carbocycles. The van der Waals surface area contributed by atoms with E-state index in [1.54, 1.807) is 4.52 Å². The lowest BCUT2D eigenvalue weighted by atomic mass is 10.1. The molecule has 126 valence electrons. The number of rotatable bonds is 3. The topological polar surface area (TPSA) is 94.3 Å². The van der Waals surface area contributed by atoms with Crippen LogP contribution in [0.25, 0.3) is 27.9 Å². The van der Waals surface area contributed by atoms with E-state index in [2.05, 4.69) is 20.6 Å². The van der Waals surface area contributed by atoms with Crippen LogP contribution in [0.5, 0.6) is 0 Å². The summed E-state index contributed by atoms with van der Waals surface area (Å²) in [6.45, 7) is 0. The predicted octanol–water partition coefficient (Wildman–Crippen LogP) is 3.86. The highest BCUT2D eigenvalue weighted by Gasteiger charge is 2.12. The van der Waals surface area contributed by atoms with E-state index >= 15 is 0 Å². The Morgan fingerprint density at radius 2 is 1.85 bits per heavy atom. The van der Waals surface area contributed by atoms with Gasteiger partial charge >= 0.3 is 0 Å². The van der Waals surface area contributed by atoms with Gasteiger partial charge in [0, 0.05) is 11.3 Å². The van der Waals surface area contributed by atoms with Crippen LogP contribution in [0.15, 0.2) is 71.3 Å². The zero-order valence-electron chi connectivity index (χ0n) is 13.6. The number of fused-ring (bicyclic) bond motifs is 2. The Bertz CT molecular complexity index is 1220. The SMILES string of the molecule is Nc1noc2ccc(-c3cccc4nc(Nc5ccccc5)nn34)cc12. The molecule has 0 aliphatic carbocycles. The maximum atomic E-state index is 5.88. The minimum absolute atomic E-state index is 0.374. The van der Waals surface area contributed by atoms with Crippen molar-refractivity contribution in [3.63, 3.8) is 0 Å². The van der Waals surface area contributed by atoms with Gasteiger partial charge in [-0.1, -0.05) is 29.4 Å². The maximum Gasteiger partial charge on any atom is 0.247 e. The maximum absolute atomic E-state index is 5.88. The monoisotopic (exact) mass is 342 g/mol. The molecule has 0 amide bonds. The van der Waals surface area contributed by atoms with Crippen molar-refractivity contribution in [3.05, 3.63) is 66.7 Å². The van der Waals surface area contributed by atoms with E-state index in [4.69, 9.17) is 10.3 Å². The third kappa shape index (κ3) is 2.34. The zero-order chi connectivity index (χ0) is 17.5. The molecule has 0 radical (unpaired) electrons. The van der Waals surface area contributed by atoms with Gasteiger partial charge in [-0.25, -0.2) is 4.52 Å². The number of anilines is 3. The molecule has 7 nitrogen and oxygen atoms in total. The fourth-order valence-corrected chi connectivity index (χ4v) is 2.94. The Labute approximate surface area is 148 Å². The quantitative estimate of drug-likeness (QED) is 0.517. The van der Waals surface area contributed by atoms with Crippen LogP contribution in [0.4, 0.5) is 17.5 Å². The van der Waals surface area contributed by atoms with Crippen LogP contribution in [0.3, 0.4) is 0 Å². The Morgan fingerprint density at radius 3 is 2.73 bits per heavy atom. The first-order valence-electron chi connectivity index (χ1n) is 8.11. The molecule has 5 aromatic rings. The standard InChI is InChI=1S/C19H14N6O/c20-18-14-11-12(9-10-16(14)26-24-18)15-7-4-8-17-22-19(23-25(15)17)21-13-5-2-1-3-6-13/h1-11H,(H2,20,24)(H,21,23). The average Bonchev–Trinajstić information content (AvgIpc) is 3.25. The van der Waals surface area contributed by atoms with Crippen molar-refractivity contribution in [1.29, 1.82) is 0 Å². The summed E-state index contributed by atoms with van der Waals surface area (Å²) in [5, 5.41) is 12.4. The first kappa shape index (κ1) is 14.5. The molecule has 5 rings (SSSR count). The molecular formula is C19H14N6O. The number of pyridine rings is 1. The summed E-state index contributed by atoms with van der Waals surface area (Å²) in [5.41, 5.74) is 10.1.